The Balaban J connectivity index is 3.04. The lowest BCUT2D eigenvalue weighted by Crippen LogP contribution is -1.85. The van der Waals surface area contributed by atoms with Gasteiger partial charge in [-0.05, 0) is 12.0 Å². The fraction of sp³-hybridized carbons (Fsp3) is 0.273. The van der Waals surface area contributed by atoms with Crippen LogP contribution in [0.2, 0.25) is 0 Å². The van der Waals surface area contributed by atoms with E-state index in [-0.39, 0.29) is 0 Å². The molecule has 12 heavy (non-hydrogen) atoms. The molecular formula is C11H14O. The molecule has 0 radical (unpaired) electrons. The lowest BCUT2D eigenvalue weighted by Gasteiger charge is -2.04. The van der Waals surface area contributed by atoms with Crippen LogP contribution in [0.4, 0.5) is 0 Å². The highest BCUT2D eigenvalue weighted by atomic mass is 16.3. The van der Waals surface area contributed by atoms with Crippen molar-refractivity contribution >= 4 is 6.08 Å². The number of phenols is 1. The minimum atomic E-state index is 0.384. The van der Waals surface area contributed by atoms with Crippen molar-refractivity contribution in [2.24, 2.45) is 0 Å². The Hall–Kier alpha value is -1.24. The molecule has 0 aromatic heterocycles. The highest BCUT2D eigenvalue weighted by Gasteiger charge is 2.02. The van der Waals surface area contributed by atoms with Gasteiger partial charge in [0.15, 0.2) is 0 Å². The molecule has 0 amide bonds. The first kappa shape index (κ1) is 8.85. The van der Waals surface area contributed by atoms with E-state index in [2.05, 4.69) is 13.5 Å². The molecule has 1 rings (SSSR count). The second kappa shape index (κ2) is 3.96. The second-order valence-electron chi connectivity index (χ2n) is 2.81. The van der Waals surface area contributed by atoms with E-state index in [0.717, 1.165) is 24.0 Å². The first-order valence-electron chi connectivity index (χ1n) is 4.23. The van der Waals surface area contributed by atoms with Gasteiger partial charge < -0.3 is 5.11 Å². The lowest BCUT2D eigenvalue weighted by atomic mass is 10.1. The first-order valence-corrected chi connectivity index (χ1v) is 4.23. The Morgan fingerprint density at radius 3 is 2.83 bits per heavy atom. The van der Waals surface area contributed by atoms with Gasteiger partial charge in [0.05, 0.1) is 0 Å². The summed E-state index contributed by atoms with van der Waals surface area (Å²) in [5.41, 5.74) is 1.83. The molecular weight excluding hydrogens is 148 g/mol. The highest BCUT2D eigenvalue weighted by Crippen LogP contribution is 2.24. The zero-order valence-electron chi connectivity index (χ0n) is 7.38. The zero-order chi connectivity index (χ0) is 8.97. The van der Waals surface area contributed by atoms with Crippen molar-refractivity contribution in [3.05, 3.63) is 35.9 Å². The normalized spacial score (nSPS) is 9.75. The SMILES string of the molecule is C=Cc1cccc(CCC)c1O. The van der Waals surface area contributed by atoms with Gasteiger partial charge in [0.2, 0.25) is 0 Å². The topological polar surface area (TPSA) is 20.2 Å². The summed E-state index contributed by atoms with van der Waals surface area (Å²) in [6.07, 6.45) is 3.65. The summed E-state index contributed by atoms with van der Waals surface area (Å²) in [7, 11) is 0. The smallest absolute Gasteiger partial charge is 0.125 e. The maximum atomic E-state index is 9.65. The van der Waals surface area contributed by atoms with E-state index < -0.39 is 0 Å². The van der Waals surface area contributed by atoms with Crippen molar-refractivity contribution in [2.75, 3.05) is 0 Å². The number of hydrogen-bond donors (Lipinski definition) is 1. The van der Waals surface area contributed by atoms with Crippen LogP contribution in [0.15, 0.2) is 24.8 Å². The van der Waals surface area contributed by atoms with Gasteiger partial charge >= 0.3 is 0 Å². The van der Waals surface area contributed by atoms with Crippen LogP contribution in [-0.2, 0) is 6.42 Å². The number of phenolic OH excluding ortho intramolecular Hbond substituents is 1. The average Bonchev–Trinajstić information content (AvgIpc) is 2.09. The largest absolute Gasteiger partial charge is 0.507 e. The van der Waals surface area contributed by atoms with E-state index in [1.807, 2.05) is 18.2 Å². The van der Waals surface area contributed by atoms with Gasteiger partial charge in [-0.25, -0.2) is 0 Å². The maximum absolute atomic E-state index is 9.65. The van der Waals surface area contributed by atoms with Gasteiger partial charge in [-0.1, -0.05) is 44.2 Å². The number of para-hydroxylation sites is 1. The Morgan fingerprint density at radius 1 is 1.50 bits per heavy atom. The van der Waals surface area contributed by atoms with Crippen molar-refractivity contribution in [3.8, 4) is 5.75 Å². The predicted molar refractivity (Wildman–Crippen MR) is 52.2 cm³/mol. The quantitative estimate of drug-likeness (QED) is 0.724. The molecule has 0 atom stereocenters. The van der Waals surface area contributed by atoms with Crippen LogP contribution < -0.4 is 0 Å². The van der Waals surface area contributed by atoms with Crippen molar-refractivity contribution < 1.29 is 5.11 Å². The molecule has 0 unspecified atom stereocenters. The lowest BCUT2D eigenvalue weighted by molar-refractivity contribution is 0.466. The third-order valence-electron chi connectivity index (χ3n) is 1.89. The minimum absolute atomic E-state index is 0.384. The van der Waals surface area contributed by atoms with Crippen LogP contribution in [0.3, 0.4) is 0 Å². The summed E-state index contributed by atoms with van der Waals surface area (Å²) in [4.78, 5) is 0. The standard InChI is InChI=1S/C11H14O/c1-3-6-10-8-5-7-9(4-2)11(10)12/h4-5,7-8,12H,2-3,6H2,1H3. The van der Waals surface area contributed by atoms with Gasteiger partial charge in [-0.2, -0.15) is 0 Å². The second-order valence-corrected chi connectivity index (χ2v) is 2.81. The Bertz CT molecular complexity index is 276. The molecule has 0 saturated carbocycles. The Morgan fingerprint density at radius 2 is 2.25 bits per heavy atom. The van der Waals surface area contributed by atoms with E-state index >= 15 is 0 Å². The maximum Gasteiger partial charge on any atom is 0.125 e. The molecule has 0 spiro atoms. The van der Waals surface area contributed by atoms with Gasteiger partial charge in [-0.15, -0.1) is 0 Å². The molecule has 0 heterocycles. The molecule has 1 aromatic carbocycles. The molecule has 0 aliphatic rings. The number of rotatable bonds is 3. The summed E-state index contributed by atoms with van der Waals surface area (Å²) in [5, 5.41) is 9.65. The Labute approximate surface area is 73.4 Å². The molecule has 1 aromatic rings. The highest BCUT2D eigenvalue weighted by molar-refractivity contribution is 5.57. The van der Waals surface area contributed by atoms with Crippen LogP contribution in [0, 0.1) is 0 Å². The summed E-state index contributed by atoms with van der Waals surface area (Å²) >= 11 is 0. The monoisotopic (exact) mass is 162 g/mol. The summed E-state index contributed by atoms with van der Waals surface area (Å²) in [5.74, 6) is 0.384. The van der Waals surface area contributed by atoms with Crippen LogP contribution in [-0.4, -0.2) is 5.11 Å². The minimum Gasteiger partial charge on any atom is -0.507 e. The van der Waals surface area contributed by atoms with Crippen molar-refractivity contribution in [3.63, 3.8) is 0 Å². The first-order chi connectivity index (χ1) is 5.79. The van der Waals surface area contributed by atoms with Crippen LogP contribution in [0.1, 0.15) is 24.5 Å². The number of aromatic hydroxyl groups is 1. The van der Waals surface area contributed by atoms with E-state index in [1.54, 1.807) is 6.08 Å². The van der Waals surface area contributed by atoms with E-state index in [9.17, 15) is 5.11 Å². The molecule has 0 aliphatic carbocycles. The molecule has 0 saturated heterocycles. The summed E-state index contributed by atoms with van der Waals surface area (Å²) in [6, 6.07) is 5.76. The van der Waals surface area contributed by atoms with Gasteiger partial charge in [0.25, 0.3) is 0 Å². The van der Waals surface area contributed by atoms with Gasteiger partial charge in [0.1, 0.15) is 5.75 Å². The third kappa shape index (κ3) is 1.67. The third-order valence-corrected chi connectivity index (χ3v) is 1.89. The molecule has 1 heteroatoms. The number of hydrogen-bond acceptors (Lipinski definition) is 1. The number of aryl methyl sites for hydroxylation is 1. The molecule has 0 aliphatic heterocycles. The molecule has 0 bridgehead atoms. The van der Waals surface area contributed by atoms with E-state index in [4.69, 9.17) is 0 Å². The van der Waals surface area contributed by atoms with E-state index in [1.165, 1.54) is 0 Å². The number of benzene rings is 1. The van der Waals surface area contributed by atoms with Gasteiger partial charge in [0, 0.05) is 5.56 Å². The fourth-order valence-corrected chi connectivity index (χ4v) is 1.25. The molecule has 1 nitrogen and oxygen atoms in total. The molecule has 1 N–H and O–H groups in total. The molecule has 64 valence electrons. The van der Waals surface area contributed by atoms with Crippen molar-refractivity contribution in [1.82, 2.24) is 0 Å². The van der Waals surface area contributed by atoms with Crippen LogP contribution >= 0.6 is 0 Å². The van der Waals surface area contributed by atoms with Crippen LogP contribution in [0.25, 0.3) is 6.08 Å². The van der Waals surface area contributed by atoms with Crippen LogP contribution in [0.5, 0.6) is 5.75 Å². The van der Waals surface area contributed by atoms with E-state index in [0.29, 0.717) is 5.75 Å². The summed E-state index contributed by atoms with van der Waals surface area (Å²) < 4.78 is 0. The predicted octanol–water partition coefficient (Wildman–Crippen LogP) is 2.99. The van der Waals surface area contributed by atoms with Crippen molar-refractivity contribution in [1.29, 1.82) is 0 Å². The fourth-order valence-electron chi connectivity index (χ4n) is 1.25. The zero-order valence-corrected chi connectivity index (χ0v) is 7.38. The average molecular weight is 162 g/mol. The Kier molecular flexibility index (Phi) is 2.92. The molecule has 0 fully saturated rings. The van der Waals surface area contributed by atoms with Gasteiger partial charge in [-0.3, -0.25) is 0 Å². The summed E-state index contributed by atoms with van der Waals surface area (Å²) in [6.45, 7) is 5.73. The van der Waals surface area contributed by atoms with Crippen molar-refractivity contribution in [2.45, 2.75) is 19.8 Å².